The number of amides is 1. The van der Waals surface area contributed by atoms with E-state index in [0.29, 0.717) is 26.3 Å². The van der Waals surface area contributed by atoms with Gasteiger partial charge in [0, 0.05) is 14.0 Å². The van der Waals surface area contributed by atoms with E-state index in [-0.39, 0.29) is 5.91 Å². The van der Waals surface area contributed by atoms with E-state index in [9.17, 15) is 4.79 Å². The molecular formula is C14H7Br2ClN2O. The van der Waals surface area contributed by atoms with Crippen LogP contribution in [0.5, 0.6) is 0 Å². The highest BCUT2D eigenvalue weighted by atomic mass is 79.9. The van der Waals surface area contributed by atoms with Crippen LogP contribution in [-0.2, 0) is 0 Å². The van der Waals surface area contributed by atoms with Crippen molar-refractivity contribution in [2.75, 3.05) is 5.32 Å². The van der Waals surface area contributed by atoms with Crippen LogP contribution in [0.25, 0.3) is 0 Å². The number of carbonyl (C=O) groups is 1. The third kappa shape index (κ3) is 3.40. The Bertz CT molecular complexity index is 726. The molecule has 1 amide bonds. The van der Waals surface area contributed by atoms with Crippen LogP contribution in [0, 0.1) is 11.3 Å². The molecule has 0 spiro atoms. The first kappa shape index (κ1) is 15.0. The summed E-state index contributed by atoms with van der Waals surface area (Å²) in [6, 6.07) is 12.0. The lowest BCUT2D eigenvalue weighted by atomic mass is 10.1. The number of anilines is 1. The van der Waals surface area contributed by atoms with Gasteiger partial charge in [0.15, 0.2) is 0 Å². The summed E-state index contributed by atoms with van der Waals surface area (Å²) in [5, 5.41) is 12.2. The van der Waals surface area contributed by atoms with Crippen molar-refractivity contribution in [3.05, 3.63) is 61.5 Å². The molecule has 0 aliphatic carbocycles. The van der Waals surface area contributed by atoms with Crippen molar-refractivity contribution in [1.82, 2.24) is 0 Å². The third-order valence-corrected chi connectivity index (χ3v) is 3.94. The molecule has 100 valence electrons. The van der Waals surface area contributed by atoms with Gasteiger partial charge in [0.2, 0.25) is 0 Å². The average molecular weight is 414 g/mol. The number of hydrogen-bond donors (Lipinski definition) is 1. The topological polar surface area (TPSA) is 52.9 Å². The van der Waals surface area contributed by atoms with Crippen molar-refractivity contribution in [3.8, 4) is 6.07 Å². The Kier molecular flexibility index (Phi) is 4.81. The maximum atomic E-state index is 12.3. The lowest BCUT2D eigenvalue weighted by molar-refractivity contribution is 0.102. The van der Waals surface area contributed by atoms with Crippen LogP contribution in [0.3, 0.4) is 0 Å². The molecule has 20 heavy (non-hydrogen) atoms. The van der Waals surface area contributed by atoms with Crippen molar-refractivity contribution in [2.24, 2.45) is 0 Å². The van der Waals surface area contributed by atoms with Gasteiger partial charge in [0.05, 0.1) is 16.8 Å². The van der Waals surface area contributed by atoms with Gasteiger partial charge < -0.3 is 5.32 Å². The van der Waals surface area contributed by atoms with Gasteiger partial charge >= 0.3 is 0 Å². The van der Waals surface area contributed by atoms with E-state index in [1.54, 1.807) is 30.3 Å². The van der Waals surface area contributed by atoms with Crippen molar-refractivity contribution < 1.29 is 4.79 Å². The molecule has 0 fully saturated rings. The van der Waals surface area contributed by atoms with Gasteiger partial charge in [0.25, 0.3) is 5.91 Å². The Labute approximate surface area is 137 Å². The number of carbonyl (C=O) groups excluding carboxylic acids is 1. The van der Waals surface area contributed by atoms with Crippen LogP contribution < -0.4 is 5.32 Å². The molecule has 3 nitrogen and oxygen atoms in total. The molecular weight excluding hydrogens is 407 g/mol. The minimum Gasteiger partial charge on any atom is -0.321 e. The molecule has 0 atom stereocenters. The quantitative estimate of drug-likeness (QED) is 0.753. The predicted octanol–water partition coefficient (Wildman–Crippen LogP) is 4.99. The molecule has 2 aromatic carbocycles. The monoisotopic (exact) mass is 412 g/mol. The van der Waals surface area contributed by atoms with E-state index in [4.69, 9.17) is 16.9 Å². The predicted molar refractivity (Wildman–Crippen MR) is 86.0 cm³/mol. The van der Waals surface area contributed by atoms with Crippen molar-refractivity contribution in [1.29, 1.82) is 5.26 Å². The molecule has 1 N–H and O–H groups in total. The van der Waals surface area contributed by atoms with Gasteiger partial charge in [-0.2, -0.15) is 5.26 Å². The SMILES string of the molecule is N#Cc1ccc(Cl)cc1NC(=O)c1cc(Br)ccc1Br. The van der Waals surface area contributed by atoms with Crippen molar-refractivity contribution in [2.45, 2.75) is 0 Å². The second-order valence-corrected chi connectivity index (χ2v) is 6.09. The highest BCUT2D eigenvalue weighted by Gasteiger charge is 2.13. The van der Waals surface area contributed by atoms with E-state index in [1.165, 1.54) is 0 Å². The number of benzene rings is 2. The van der Waals surface area contributed by atoms with Crippen LogP contribution in [0.1, 0.15) is 15.9 Å². The fraction of sp³-hybridized carbons (Fsp3) is 0. The molecule has 0 aromatic heterocycles. The molecule has 0 aliphatic rings. The van der Waals surface area contributed by atoms with Crippen molar-refractivity contribution >= 4 is 55.1 Å². The Morgan fingerprint density at radius 1 is 1.20 bits per heavy atom. The average Bonchev–Trinajstić information content (AvgIpc) is 2.41. The Hall–Kier alpha value is -1.35. The molecule has 0 unspecified atom stereocenters. The second kappa shape index (κ2) is 6.40. The van der Waals surface area contributed by atoms with Gasteiger partial charge in [-0.3, -0.25) is 4.79 Å². The zero-order valence-corrected chi connectivity index (χ0v) is 13.9. The summed E-state index contributed by atoms with van der Waals surface area (Å²) in [5.41, 5.74) is 1.20. The summed E-state index contributed by atoms with van der Waals surface area (Å²) in [7, 11) is 0. The molecule has 6 heteroatoms. The first-order valence-corrected chi connectivity index (χ1v) is 7.43. The number of rotatable bonds is 2. The minimum absolute atomic E-state index is 0.322. The maximum absolute atomic E-state index is 12.3. The minimum atomic E-state index is -0.322. The maximum Gasteiger partial charge on any atom is 0.256 e. The lowest BCUT2D eigenvalue weighted by Gasteiger charge is -2.09. The number of hydrogen-bond acceptors (Lipinski definition) is 2. The highest BCUT2D eigenvalue weighted by Crippen LogP contribution is 2.25. The standard InChI is InChI=1S/C14H7Br2ClN2O/c15-9-2-4-12(16)11(5-9)14(20)19-13-6-10(17)3-1-8(13)7-18/h1-6H,(H,19,20). The van der Waals surface area contributed by atoms with E-state index < -0.39 is 0 Å². The molecule has 0 heterocycles. The van der Waals surface area contributed by atoms with Crippen LogP contribution in [-0.4, -0.2) is 5.91 Å². The molecule has 2 aromatic rings. The zero-order chi connectivity index (χ0) is 14.7. The van der Waals surface area contributed by atoms with Gasteiger partial charge in [-0.15, -0.1) is 0 Å². The molecule has 0 saturated carbocycles. The normalized spacial score (nSPS) is 9.90. The summed E-state index contributed by atoms with van der Waals surface area (Å²) in [5.74, 6) is -0.322. The number of nitrogens with one attached hydrogen (secondary N) is 1. The molecule has 2 rings (SSSR count). The summed E-state index contributed by atoms with van der Waals surface area (Å²) >= 11 is 12.5. The molecule has 0 radical (unpaired) electrons. The van der Waals surface area contributed by atoms with Gasteiger partial charge in [0.1, 0.15) is 6.07 Å². The Morgan fingerprint density at radius 2 is 1.95 bits per heavy atom. The van der Waals surface area contributed by atoms with Gasteiger partial charge in [-0.05, 0) is 52.3 Å². The summed E-state index contributed by atoms with van der Waals surface area (Å²) in [4.78, 5) is 12.3. The van der Waals surface area contributed by atoms with Gasteiger partial charge in [-0.25, -0.2) is 0 Å². The fourth-order valence-electron chi connectivity index (χ4n) is 1.58. The molecule has 0 bridgehead atoms. The number of nitrogens with zero attached hydrogens (tertiary/aromatic N) is 1. The van der Waals surface area contributed by atoms with E-state index >= 15 is 0 Å². The Morgan fingerprint density at radius 3 is 2.65 bits per heavy atom. The summed E-state index contributed by atoms with van der Waals surface area (Å²) in [6.07, 6.45) is 0. The first-order valence-electron chi connectivity index (χ1n) is 5.47. The van der Waals surface area contributed by atoms with Crippen LogP contribution in [0.2, 0.25) is 5.02 Å². The van der Waals surface area contributed by atoms with Crippen LogP contribution in [0.4, 0.5) is 5.69 Å². The largest absolute Gasteiger partial charge is 0.321 e. The first-order chi connectivity index (χ1) is 9.51. The third-order valence-electron chi connectivity index (χ3n) is 2.52. The van der Waals surface area contributed by atoms with E-state index in [0.717, 1.165) is 4.47 Å². The van der Waals surface area contributed by atoms with Crippen LogP contribution >= 0.6 is 43.5 Å². The zero-order valence-electron chi connectivity index (χ0n) is 9.95. The van der Waals surface area contributed by atoms with E-state index in [2.05, 4.69) is 37.2 Å². The smallest absolute Gasteiger partial charge is 0.256 e. The summed E-state index contributed by atoms with van der Waals surface area (Å²) in [6.45, 7) is 0. The molecule has 0 aliphatic heterocycles. The fourth-order valence-corrected chi connectivity index (χ4v) is 2.54. The summed E-state index contributed by atoms with van der Waals surface area (Å²) < 4.78 is 1.45. The van der Waals surface area contributed by atoms with Gasteiger partial charge in [-0.1, -0.05) is 27.5 Å². The van der Waals surface area contributed by atoms with E-state index in [1.807, 2.05) is 12.1 Å². The Balaban J connectivity index is 2.35. The molecule has 0 saturated heterocycles. The lowest BCUT2D eigenvalue weighted by Crippen LogP contribution is -2.13. The number of nitriles is 1. The van der Waals surface area contributed by atoms with Crippen molar-refractivity contribution in [3.63, 3.8) is 0 Å². The highest BCUT2D eigenvalue weighted by molar-refractivity contribution is 9.11. The van der Waals surface area contributed by atoms with Crippen LogP contribution in [0.15, 0.2) is 45.3 Å². The number of halogens is 3. The second-order valence-electron chi connectivity index (χ2n) is 3.88.